The summed E-state index contributed by atoms with van der Waals surface area (Å²) in [7, 11) is 2.01. The maximum Gasteiger partial charge on any atom is 0.233 e. The van der Waals surface area contributed by atoms with Gasteiger partial charge >= 0.3 is 0 Å². The van der Waals surface area contributed by atoms with Crippen LogP contribution in [0.25, 0.3) is 16.9 Å². The zero-order valence-electron chi connectivity index (χ0n) is 16.7. The van der Waals surface area contributed by atoms with Gasteiger partial charge in [-0.1, -0.05) is 6.42 Å². The van der Waals surface area contributed by atoms with Crippen molar-refractivity contribution in [1.29, 1.82) is 0 Å². The number of benzene rings is 1. The summed E-state index contributed by atoms with van der Waals surface area (Å²) in [5, 5.41) is 18.8. The van der Waals surface area contributed by atoms with Gasteiger partial charge in [-0.2, -0.15) is 0 Å². The third-order valence-electron chi connectivity index (χ3n) is 6.34. The highest BCUT2D eigenvalue weighted by Crippen LogP contribution is 2.36. The number of imidazole rings is 1. The van der Waals surface area contributed by atoms with Crippen LogP contribution in [-0.2, 0) is 0 Å². The topological polar surface area (TPSA) is 76.3 Å². The first-order chi connectivity index (χ1) is 14.6. The molecule has 5 rings (SSSR count). The number of phenolic OH excluding ortho intramolecular Hbond substituents is 1. The van der Waals surface area contributed by atoms with Crippen LogP contribution >= 0.6 is 0 Å². The number of piperidine rings is 2. The average molecular weight is 409 g/mol. The zero-order valence-corrected chi connectivity index (χ0v) is 16.7. The molecular formula is C22H24FN5O2. The normalized spacial score (nSPS) is 26.5. The number of aromatic hydroxyl groups is 1. The summed E-state index contributed by atoms with van der Waals surface area (Å²) in [6, 6.07) is 9.00. The second-order valence-electron chi connectivity index (χ2n) is 8.08. The van der Waals surface area contributed by atoms with Crippen molar-refractivity contribution in [2.24, 2.45) is 0 Å². The summed E-state index contributed by atoms with van der Waals surface area (Å²) >= 11 is 0. The molecule has 4 atom stereocenters. The first kappa shape index (κ1) is 19.0. The van der Waals surface area contributed by atoms with Crippen molar-refractivity contribution >= 4 is 0 Å². The molecule has 0 aliphatic carbocycles. The van der Waals surface area contributed by atoms with E-state index in [1.807, 2.05) is 13.1 Å². The lowest BCUT2D eigenvalue weighted by Gasteiger charge is -2.48. The number of hydrogen-bond acceptors (Lipinski definition) is 6. The predicted molar refractivity (Wildman–Crippen MR) is 109 cm³/mol. The van der Waals surface area contributed by atoms with Crippen molar-refractivity contribution in [3.63, 3.8) is 0 Å². The van der Waals surface area contributed by atoms with Gasteiger partial charge in [-0.3, -0.25) is 4.90 Å². The Morgan fingerprint density at radius 1 is 1.17 bits per heavy atom. The van der Waals surface area contributed by atoms with Crippen LogP contribution < -0.4 is 4.74 Å². The number of alkyl halides is 1. The number of hydrogen-bond donors (Lipinski definition) is 1. The van der Waals surface area contributed by atoms with E-state index < -0.39 is 12.3 Å². The van der Waals surface area contributed by atoms with Crippen LogP contribution in [0.2, 0.25) is 0 Å². The van der Waals surface area contributed by atoms with Gasteiger partial charge in [-0.05, 0) is 38.1 Å². The van der Waals surface area contributed by atoms with Gasteiger partial charge in [0.1, 0.15) is 11.9 Å². The van der Waals surface area contributed by atoms with Gasteiger partial charge in [0.25, 0.3) is 0 Å². The minimum absolute atomic E-state index is 0.0827. The van der Waals surface area contributed by atoms with E-state index in [0.29, 0.717) is 29.6 Å². The molecule has 0 spiro atoms. The van der Waals surface area contributed by atoms with E-state index in [4.69, 9.17) is 4.74 Å². The van der Waals surface area contributed by atoms with Crippen molar-refractivity contribution in [2.45, 2.75) is 50.0 Å². The lowest BCUT2D eigenvalue weighted by atomic mass is 9.82. The van der Waals surface area contributed by atoms with Crippen LogP contribution in [-0.4, -0.2) is 61.2 Å². The summed E-state index contributed by atoms with van der Waals surface area (Å²) in [5.41, 5.74) is 1.88. The molecule has 0 amide bonds. The number of rotatable bonds is 4. The Labute approximate surface area is 174 Å². The molecule has 3 aromatic rings. The third kappa shape index (κ3) is 3.41. The Balaban J connectivity index is 1.31. The van der Waals surface area contributed by atoms with Gasteiger partial charge in [0.2, 0.25) is 5.88 Å². The fraction of sp³-hybridized carbons (Fsp3) is 0.409. The molecule has 0 radical (unpaired) electrons. The van der Waals surface area contributed by atoms with Gasteiger partial charge in [-0.15, -0.1) is 10.2 Å². The standard InChI is InChI=1S/C22H24FN5O2/c1-27-14-3-2-4-18(27)22(23)20(12-14)30-21-8-7-17(25-26-21)16-6-5-15(11-19(16)29)28-10-9-24-13-28/h5-11,13-14,18,20,22,29H,2-4,12H2,1H3/t14-,18+,20-,22+/m1/s1. The van der Waals surface area contributed by atoms with Gasteiger partial charge in [0, 0.05) is 48.6 Å². The largest absolute Gasteiger partial charge is 0.507 e. The minimum atomic E-state index is -1.03. The Hall–Kier alpha value is -3.00. The lowest BCUT2D eigenvalue weighted by molar-refractivity contribution is -0.0640. The summed E-state index contributed by atoms with van der Waals surface area (Å²) in [6.07, 6.45) is 7.29. The van der Waals surface area contributed by atoms with Crippen LogP contribution in [0.4, 0.5) is 4.39 Å². The molecule has 1 N–H and O–H groups in total. The van der Waals surface area contributed by atoms with Crippen LogP contribution in [0.15, 0.2) is 49.1 Å². The van der Waals surface area contributed by atoms with Crippen LogP contribution in [0, 0.1) is 0 Å². The van der Waals surface area contributed by atoms with Crippen molar-refractivity contribution < 1.29 is 14.2 Å². The Morgan fingerprint density at radius 2 is 2.07 bits per heavy atom. The first-order valence-corrected chi connectivity index (χ1v) is 10.3. The molecule has 2 aliphatic rings. The second kappa shape index (κ2) is 7.68. The number of phenols is 1. The maximum absolute atomic E-state index is 15.0. The monoisotopic (exact) mass is 409 g/mol. The summed E-state index contributed by atoms with van der Waals surface area (Å²) in [4.78, 5) is 6.18. The molecule has 4 heterocycles. The van der Waals surface area contributed by atoms with Gasteiger partial charge in [0.15, 0.2) is 6.17 Å². The first-order valence-electron chi connectivity index (χ1n) is 10.3. The highest BCUT2D eigenvalue weighted by molar-refractivity contribution is 5.68. The Bertz CT molecular complexity index is 1010. The number of fused-ring (bicyclic) bond motifs is 2. The van der Waals surface area contributed by atoms with E-state index in [9.17, 15) is 9.50 Å². The smallest absolute Gasteiger partial charge is 0.233 e. The maximum atomic E-state index is 15.0. The van der Waals surface area contributed by atoms with Crippen molar-refractivity contribution in [2.75, 3.05) is 7.05 Å². The van der Waals surface area contributed by atoms with Gasteiger partial charge < -0.3 is 14.4 Å². The van der Waals surface area contributed by atoms with E-state index in [0.717, 1.165) is 24.9 Å². The van der Waals surface area contributed by atoms with Crippen LogP contribution in [0.1, 0.15) is 25.7 Å². The molecule has 1 aromatic carbocycles. The number of halogens is 1. The molecule has 2 aromatic heterocycles. The zero-order chi connectivity index (χ0) is 20.7. The van der Waals surface area contributed by atoms with Crippen molar-refractivity contribution in [3.8, 4) is 28.6 Å². The SMILES string of the molecule is CN1[C@@H]2CCC[C@H]1[C@H](F)[C@H](Oc1ccc(-c3ccc(-n4ccnc4)cc3O)nn1)C2. The molecule has 2 saturated heterocycles. The number of ether oxygens (including phenoxy) is 1. The molecule has 30 heavy (non-hydrogen) atoms. The Morgan fingerprint density at radius 3 is 2.80 bits per heavy atom. The van der Waals surface area contributed by atoms with Crippen molar-refractivity contribution in [3.05, 3.63) is 49.1 Å². The molecular weight excluding hydrogens is 385 g/mol. The van der Waals surface area contributed by atoms with Crippen LogP contribution in [0.5, 0.6) is 11.6 Å². The molecule has 0 unspecified atom stereocenters. The highest BCUT2D eigenvalue weighted by Gasteiger charge is 2.45. The molecule has 2 bridgehead atoms. The van der Waals surface area contributed by atoms with E-state index >= 15 is 0 Å². The Kier molecular flexibility index (Phi) is 4.86. The lowest BCUT2D eigenvalue weighted by Crippen LogP contribution is -2.59. The molecule has 156 valence electrons. The molecule has 8 heteroatoms. The third-order valence-corrected chi connectivity index (χ3v) is 6.34. The molecule has 2 aliphatic heterocycles. The van der Waals surface area contributed by atoms with Crippen molar-refractivity contribution in [1.82, 2.24) is 24.6 Å². The minimum Gasteiger partial charge on any atom is -0.507 e. The molecule has 7 nitrogen and oxygen atoms in total. The van der Waals surface area contributed by atoms with Gasteiger partial charge in [-0.25, -0.2) is 9.37 Å². The fourth-order valence-corrected chi connectivity index (χ4v) is 4.66. The fourth-order valence-electron chi connectivity index (χ4n) is 4.66. The highest BCUT2D eigenvalue weighted by atomic mass is 19.1. The number of aromatic nitrogens is 4. The predicted octanol–water partition coefficient (Wildman–Crippen LogP) is 3.38. The van der Waals surface area contributed by atoms with Crippen LogP contribution in [0.3, 0.4) is 0 Å². The summed E-state index contributed by atoms with van der Waals surface area (Å²) in [6.45, 7) is 0. The van der Waals surface area contributed by atoms with E-state index in [1.165, 1.54) is 0 Å². The summed E-state index contributed by atoms with van der Waals surface area (Å²) in [5.74, 6) is 0.402. The molecule has 2 fully saturated rings. The second-order valence-corrected chi connectivity index (χ2v) is 8.08. The number of nitrogens with zero attached hydrogens (tertiary/aromatic N) is 5. The van der Waals surface area contributed by atoms with E-state index in [-0.39, 0.29) is 11.8 Å². The van der Waals surface area contributed by atoms with Gasteiger partial charge in [0.05, 0.1) is 17.7 Å². The average Bonchev–Trinajstić information content (AvgIpc) is 3.28. The van der Waals surface area contributed by atoms with E-state index in [2.05, 4.69) is 20.1 Å². The molecule has 0 saturated carbocycles. The quantitative estimate of drug-likeness (QED) is 0.712. The summed E-state index contributed by atoms with van der Waals surface area (Å²) < 4.78 is 22.6. The van der Waals surface area contributed by atoms with E-state index in [1.54, 1.807) is 47.6 Å².